The average molecular weight is 187 g/mol. The summed E-state index contributed by atoms with van der Waals surface area (Å²) >= 11 is 0. The number of carbonyl (C=O) groups excluding carboxylic acids is 1. The highest BCUT2D eigenvalue weighted by molar-refractivity contribution is 5.76. The third-order valence-corrected chi connectivity index (χ3v) is 2.21. The molecule has 1 heterocycles. The third kappa shape index (κ3) is 2.95. The van der Waals surface area contributed by atoms with Gasteiger partial charge in [-0.25, -0.2) is 0 Å². The molecule has 0 aromatic rings. The van der Waals surface area contributed by atoms with Crippen molar-refractivity contribution in [2.24, 2.45) is 5.73 Å². The molecule has 0 bridgehead atoms. The van der Waals surface area contributed by atoms with Gasteiger partial charge in [0.15, 0.2) is 0 Å². The molecular weight excluding hydrogens is 170 g/mol. The molecule has 1 fully saturated rings. The van der Waals surface area contributed by atoms with Gasteiger partial charge in [-0.2, -0.15) is 5.06 Å². The molecule has 0 aliphatic carbocycles. The van der Waals surface area contributed by atoms with Crippen LogP contribution in [0, 0.1) is 0 Å². The number of rotatable bonds is 3. The normalized spacial score (nSPS) is 19.1. The van der Waals surface area contributed by atoms with Gasteiger partial charge >= 0.3 is 0 Å². The zero-order valence-electron chi connectivity index (χ0n) is 8.03. The van der Waals surface area contributed by atoms with Crippen molar-refractivity contribution in [3.8, 4) is 0 Å². The number of hydrogen-bond acceptors (Lipinski definition) is 4. The number of carbonyl (C=O) groups is 1. The number of hydrogen-bond donors (Lipinski definition) is 1. The molecule has 0 atom stereocenters. The third-order valence-electron chi connectivity index (χ3n) is 2.21. The van der Waals surface area contributed by atoms with E-state index in [1.165, 1.54) is 0 Å². The fourth-order valence-corrected chi connectivity index (χ4v) is 1.40. The largest absolute Gasteiger partial charge is 0.340 e. The minimum Gasteiger partial charge on any atom is -0.340 e. The van der Waals surface area contributed by atoms with Crippen LogP contribution < -0.4 is 5.73 Å². The molecule has 1 saturated heterocycles. The predicted molar refractivity (Wildman–Crippen MR) is 48.8 cm³/mol. The SMILES string of the molecule is CON1CCN(C(=O)CCN)CC1. The van der Waals surface area contributed by atoms with Gasteiger partial charge in [0.2, 0.25) is 5.91 Å². The lowest BCUT2D eigenvalue weighted by Crippen LogP contribution is -2.48. The number of hydroxylamine groups is 2. The van der Waals surface area contributed by atoms with E-state index >= 15 is 0 Å². The van der Waals surface area contributed by atoms with Crippen LogP contribution in [0.3, 0.4) is 0 Å². The highest BCUT2D eigenvalue weighted by Gasteiger charge is 2.19. The van der Waals surface area contributed by atoms with Crippen molar-refractivity contribution in [3.63, 3.8) is 0 Å². The van der Waals surface area contributed by atoms with Crippen molar-refractivity contribution < 1.29 is 9.63 Å². The Labute approximate surface area is 78.4 Å². The zero-order valence-corrected chi connectivity index (χ0v) is 8.03. The van der Waals surface area contributed by atoms with Crippen LogP contribution in [0.5, 0.6) is 0 Å². The summed E-state index contributed by atoms with van der Waals surface area (Å²) in [6.45, 7) is 3.49. The summed E-state index contributed by atoms with van der Waals surface area (Å²) in [6.07, 6.45) is 0.451. The molecule has 0 radical (unpaired) electrons. The molecule has 76 valence electrons. The van der Waals surface area contributed by atoms with E-state index in [2.05, 4.69) is 0 Å². The Hall–Kier alpha value is -0.650. The van der Waals surface area contributed by atoms with Gasteiger partial charge in [-0.15, -0.1) is 0 Å². The van der Waals surface area contributed by atoms with Gasteiger partial charge in [0.1, 0.15) is 0 Å². The monoisotopic (exact) mass is 187 g/mol. The highest BCUT2D eigenvalue weighted by Crippen LogP contribution is 2.02. The Bertz CT molecular complexity index is 167. The van der Waals surface area contributed by atoms with Crippen molar-refractivity contribution in [1.29, 1.82) is 0 Å². The quantitative estimate of drug-likeness (QED) is 0.618. The van der Waals surface area contributed by atoms with E-state index in [4.69, 9.17) is 10.6 Å². The second-order valence-corrected chi connectivity index (χ2v) is 3.03. The number of nitrogens with two attached hydrogens (primary N) is 1. The molecule has 1 rings (SSSR count). The van der Waals surface area contributed by atoms with Crippen LogP contribution in [-0.2, 0) is 9.63 Å². The summed E-state index contributed by atoms with van der Waals surface area (Å²) in [5.74, 6) is 0.151. The minimum absolute atomic E-state index is 0.151. The summed E-state index contributed by atoms with van der Waals surface area (Å²) < 4.78 is 0. The summed E-state index contributed by atoms with van der Waals surface area (Å²) in [4.78, 5) is 18.3. The van der Waals surface area contributed by atoms with Gasteiger partial charge in [0.25, 0.3) is 0 Å². The van der Waals surface area contributed by atoms with Gasteiger partial charge in [-0.05, 0) is 0 Å². The van der Waals surface area contributed by atoms with E-state index < -0.39 is 0 Å². The van der Waals surface area contributed by atoms with Crippen molar-refractivity contribution in [3.05, 3.63) is 0 Å². The molecule has 0 saturated carbocycles. The Balaban J connectivity index is 2.28. The van der Waals surface area contributed by atoms with Crippen LogP contribution in [0.15, 0.2) is 0 Å². The maximum Gasteiger partial charge on any atom is 0.223 e. The second-order valence-electron chi connectivity index (χ2n) is 3.03. The van der Waals surface area contributed by atoms with Crippen LogP contribution in [0.4, 0.5) is 0 Å². The van der Waals surface area contributed by atoms with Gasteiger partial charge in [-0.1, -0.05) is 0 Å². The summed E-state index contributed by atoms with van der Waals surface area (Å²) in [7, 11) is 1.65. The Morgan fingerprint density at radius 3 is 2.46 bits per heavy atom. The van der Waals surface area contributed by atoms with Crippen LogP contribution in [-0.4, -0.2) is 55.7 Å². The first kappa shape index (κ1) is 10.4. The molecule has 0 aromatic carbocycles. The molecule has 0 aromatic heterocycles. The highest BCUT2D eigenvalue weighted by atomic mass is 16.7. The predicted octanol–water partition coefficient (Wildman–Crippen LogP) is -0.959. The van der Waals surface area contributed by atoms with Crippen LogP contribution >= 0.6 is 0 Å². The summed E-state index contributed by atoms with van der Waals surface area (Å²) in [5.41, 5.74) is 5.31. The van der Waals surface area contributed by atoms with Crippen molar-refractivity contribution in [2.45, 2.75) is 6.42 Å². The van der Waals surface area contributed by atoms with Crippen LogP contribution in [0.1, 0.15) is 6.42 Å². The molecule has 5 heteroatoms. The zero-order chi connectivity index (χ0) is 9.68. The second kappa shape index (κ2) is 5.16. The maximum atomic E-state index is 11.4. The van der Waals surface area contributed by atoms with E-state index in [0.29, 0.717) is 13.0 Å². The van der Waals surface area contributed by atoms with E-state index in [-0.39, 0.29) is 5.91 Å². The van der Waals surface area contributed by atoms with Gasteiger partial charge in [0.05, 0.1) is 7.11 Å². The summed E-state index contributed by atoms with van der Waals surface area (Å²) in [5, 5.41) is 1.85. The Kier molecular flexibility index (Phi) is 4.14. The molecule has 13 heavy (non-hydrogen) atoms. The lowest BCUT2D eigenvalue weighted by Gasteiger charge is -2.33. The Morgan fingerprint density at radius 2 is 2.00 bits per heavy atom. The smallest absolute Gasteiger partial charge is 0.223 e. The topological polar surface area (TPSA) is 58.8 Å². The summed E-state index contributed by atoms with van der Waals surface area (Å²) in [6, 6.07) is 0. The lowest BCUT2D eigenvalue weighted by atomic mass is 10.3. The number of piperazine rings is 1. The first-order chi connectivity index (χ1) is 6.27. The molecule has 5 nitrogen and oxygen atoms in total. The maximum absolute atomic E-state index is 11.4. The van der Waals surface area contributed by atoms with Gasteiger partial charge in [0, 0.05) is 39.1 Å². The number of nitrogens with zero attached hydrogens (tertiary/aromatic N) is 2. The van der Waals surface area contributed by atoms with E-state index in [0.717, 1.165) is 26.2 Å². The minimum atomic E-state index is 0.151. The van der Waals surface area contributed by atoms with Crippen molar-refractivity contribution >= 4 is 5.91 Å². The molecule has 1 amide bonds. The molecule has 0 unspecified atom stereocenters. The molecular formula is C8H17N3O2. The van der Waals surface area contributed by atoms with Gasteiger partial charge in [-0.3, -0.25) is 4.79 Å². The van der Waals surface area contributed by atoms with Crippen LogP contribution in [0.25, 0.3) is 0 Å². The number of amides is 1. The fraction of sp³-hybridized carbons (Fsp3) is 0.875. The van der Waals surface area contributed by atoms with Crippen molar-refractivity contribution in [2.75, 3.05) is 39.8 Å². The lowest BCUT2D eigenvalue weighted by molar-refractivity contribution is -0.161. The van der Waals surface area contributed by atoms with E-state index in [1.54, 1.807) is 7.11 Å². The van der Waals surface area contributed by atoms with Gasteiger partial charge < -0.3 is 15.5 Å². The molecule has 1 aliphatic rings. The molecule has 1 aliphatic heterocycles. The van der Waals surface area contributed by atoms with E-state index in [9.17, 15) is 4.79 Å². The van der Waals surface area contributed by atoms with Crippen molar-refractivity contribution in [1.82, 2.24) is 9.96 Å². The van der Waals surface area contributed by atoms with Crippen LogP contribution in [0.2, 0.25) is 0 Å². The fourth-order valence-electron chi connectivity index (χ4n) is 1.40. The first-order valence-electron chi connectivity index (χ1n) is 4.55. The standard InChI is InChI=1S/C8H17N3O2/c1-13-11-6-4-10(5-7-11)8(12)2-3-9/h2-7,9H2,1H3. The van der Waals surface area contributed by atoms with E-state index in [1.807, 2.05) is 9.96 Å². The Morgan fingerprint density at radius 1 is 1.38 bits per heavy atom. The molecule has 0 spiro atoms. The molecule has 2 N–H and O–H groups in total. The first-order valence-corrected chi connectivity index (χ1v) is 4.55. The average Bonchev–Trinajstić information content (AvgIpc) is 2.18.